The highest BCUT2D eigenvalue weighted by molar-refractivity contribution is 14.1. The first-order chi connectivity index (χ1) is 9.06. The number of aromatic amines is 1. The van der Waals surface area contributed by atoms with Gasteiger partial charge in [-0.05, 0) is 23.0 Å². The minimum atomic E-state index is -0.614. The van der Waals surface area contributed by atoms with Crippen LogP contribution in [-0.2, 0) is 0 Å². The van der Waals surface area contributed by atoms with E-state index in [9.17, 15) is 14.7 Å². The molecule has 7 heteroatoms. The summed E-state index contributed by atoms with van der Waals surface area (Å²) in [6.07, 6.45) is 3.44. The lowest BCUT2D eigenvalue weighted by atomic mass is 10.1. The maximum atomic E-state index is 11.8. The summed E-state index contributed by atoms with van der Waals surface area (Å²) in [4.78, 5) is 25.7. The zero-order valence-electron chi connectivity index (χ0n) is 10.1. The molecule has 1 heterocycles. The average molecular weight is 378 g/mol. The van der Waals surface area contributed by atoms with Crippen LogP contribution in [-0.4, -0.2) is 32.5 Å². The van der Waals surface area contributed by atoms with Crippen LogP contribution in [0.1, 0.15) is 24.4 Å². The summed E-state index contributed by atoms with van der Waals surface area (Å²) in [7, 11) is 0. The van der Waals surface area contributed by atoms with Crippen LogP contribution in [0.4, 0.5) is 0 Å². The van der Waals surface area contributed by atoms with E-state index < -0.39 is 17.4 Å². The van der Waals surface area contributed by atoms with Crippen molar-refractivity contribution >= 4 is 28.7 Å². The summed E-state index contributed by atoms with van der Waals surface area (Å²) in [5.41, 5.74) is -0.506. The normalized spacial score (nSPS) is 27.2. The van der Waals surface area contributed by atoms with Crippen molar-refractivity contribution in [1.29, 1.82) is 0 Å². The number of halogens is 1. The maximum Gasteiger partial charge on any atom is 0.328 e. The van der Waals surface area contributed by atoms with Gasteiger partial charge in [-0.15, -0.1) is 0 Å². The number of aliphatic hydroxyl groups is 2. The van der Waals surface area contributed by atoms with Crippen LogP contribution in [0.3, 0.4) is 0 Å². The molecule has 1 saturated carbocycles. The van der Waals surface area contributed by atoms with Gasteiger partial charge in [0.25, 0.3) is 5.56 Å². The van der Waals surface area contributed by atoms with Gasteiger partial charge in [0.05, 0.1) is 11.7 Å². The molecule has 1 aromatic heterocycles. The van der Waals surface area contributed by atoms with E-state index in [4.69, 9.17) is 5.11 Å². The fourth-order valence-electron chi connectivity index (χ4n) is 2.46. The predicted molar refractivity (Wildman–Crippen MR) is 79.2 cm³/mol. The standard InChI is InChI=1S/C12H15IN2O4/c13-2-1-7-5-15(12(19)14-11(7)18)9-3-8(6-16)10(17)4-9/h1-2,5,8-10,16-17H,3-4,6H2,(H,14,18,19). The zero-order valence-corrected chi connectivity index (χ0v) is 12.3. The molecule has 1 aliphatic carbocycles. The minimum Gasteiger partial charge on any atom is -0.396 e. The lowest BCUT2D eigenvalue weighted by Crippen LogP contribution is -2.32. The van der Waals surface area contributed by atoms with Gasteiger partial charge in [0.2, 0.25) is 0 Å². The number of rotatable bonds is 3. The van der Waals surface area contributed by atoms with Gasteiger partial charge < -0.3 is 10.2 Å². The number of hydrogen-bond acceptors (Lipinski definition) is 4. The molecule has 1 aromatic rings. The number of H-pyrrole nitrogens is 1. The van der Waals surface area contributed by atoms with Gasteiger partial charge in [-0.2, -0.15) is 0 Å². The molecular weight excluding hydrogens is 363 g/mol. The molecule has 19 heavy (non-hydrogen) atoms. The van der Waals surface area contributed by atoms with Gasteiger partial charge in [-0.25, -0.2) is 4.79 Å². The second-order valence-electron chi connectivity index (χ2n) is 4.68. The summed E-state index contributed by atoms with van der Waals surface area (Å²) < 4.78 is 3.13. The number of nitrogens with zero attached hydrogens (tertiary/aromatic N) is 1. The van der Waals surface area contributed by atoms with E-state index in [0.717, 1.165) is 0 Å². The molecule has 0 spiro atoms. The Morgan fingerprint density at radius 1 is 1.47 bits per heavy atom. The summed E-state index contributed by atoms with van der Waals surface area (Å²) in [5.74, 6) is -0.215. The number of nitrogens with one attached hydrogen (secondary N) is 1. The molecule has 0 radical (unpaired) electrons. The van der Waals surface area contributed by atoms with E-state index in [1.54, 1.807) is 10.2 Å². The molecule has 0 bridgehead atoms. The van der Waals surface area contributed by atoms with Crippen LogP contribution in [0.25, 0.3) is 6.08 Å². The van der Waals surface area contributed by atoms with Crippen LogP contribution in [0.15, 0.2) is 19.9 Å². The summed E-state index contributed by atoms with van der Waals surface area (Å²) in [5, 5.41) is 18.9. The Morgan fingerprint density at radius 2 is 2.21 bits per heavy atom. The maximum absolute atomic E-state index is 11.8. The molecule has 0 amide bonds. The quantitative estimate of drug-likeness (QED) is 0.657. The van der Waals surface area contributed by atoms with E-state index in [-0.39, 0.29) is 18.6 Å². The molecule has 1 fully saturated rings. The van der Waals surface area contributed by atoms with Crippen LogP contribution in [0.2, 0.25) is 0 Å². The van der Waals surface area contributed by atoms with E-state index in [2.05, 4.69) is 4.98 Å². The zero-order chi connectivity index (χ0) is 14.0. The third-order valence-corrected chi connectivity index (χ3v) is 3.86. The van der Waals surface area contributed by atoms with Gasteiger partial charge in [0.15, 0.2) is 0 Å². The van der Waals surface area contributed by atoms with Gasteiger partial charge >= 0.3 is 5.69 Å². The third-order valence-electron chi connectivity index (χ3n) is 3.50. The minimum absolute atomic E-state index is 0.101. The monoisotopic (exact) mass is 378 g/mol. The SMILES string of the molecule is O=c1[nH]c(=O)n(C2CC(O)C(CO)C2)cc1C=CI. The van der Waals surface area contributed by atoms with E-state index in [1.807, 2.05) is 22.6 Å². The van der Waals surface area contributed by atoms with E-state index in [1.165, 1.54) is 10.8 Å². The predicted octanol–water partition coefficient (Wildman–Crippen LogP) is 0.247. The lowest BCUT2D eigenvalue weighted by molar-refractivity contribution is 0.0906. The van der Waals surface area contributed by atoms with Crippen molar-refractivity contribution in [1.82, 2.24) is 9.55 Å². The summed E-state index contributed by atoms with van der Waals surface area (Å²) >= 11 is 2.00. The molecule has 3 atom stereocenters. The molecule has 1 aliphatic rings. The van der Waals surface area contributed by atoms with Gasteiger partial charge in [-0.3, -0.25) is 14.3 Å². The van der Waals surface area contributed by atoms with Crippen molar-refractivity contribution in [3.8, 4) is 0 Å². The first-order valence-corrected chi connectivity index (χ1v) is 7.22. The number of hydrogen-bond donors (Lipinski definition) is 3. The van der Waals surface area contributed by atoms with E-state index >= 15 is 0 Å². The van der Waals surface area contributed by atoms with Crippen molar-refractivity contribution in [3.05, 3.63) is 36.7 Å². The van der Waals surface area contributed by atoms with Crippen molar-refractivity contribution in [2.75, 3.05) is 6.61 Å². The van der Waals surface area contributed by atoms with Crippen LogP contribution in [0.5, 0.6) is 0 Å². The van der Waals surface area contributed by atoms with E-state index in [0.29, 0.717) is 18.4 Å². The first kappa shape index (κ1) is 14.5. The van der Waals surface area contributed by atoms with Crippen molar-refractivity contribution in [2.45, 2.75) is 25.0 Å². The summed E-state index contributed by atoms with van der Waals surface area (Å²) in [6, 6.07) is -0.196. The van der Waals surface area contributed by atoms with Crippen LogP contribution in [0, 0.1) is 5.92 Å². The Hall–Kier alpha value is -0.930. The first-order valence-electron chi connectivity index (χ1n) is 5.98. The summed E-state index contributed by atoms with van der Waals surface area (Å²) in [6.45, 7) is -0.101. The number of aliphatic hydroxyl groups excluding tert-OH is 2. The van der Waals surface area contributed by atoms with Crippen molar-refractivity contribution in [3.63, 3.8) is 0 Å². The Balaban J connectivity index is 2.38. The average Bonchev–Trinajstić information content (AvgIpc) is 2.74. The highest BCUT2D eigenvalue weighted by Crippen LogP contribution is 2.33. The van der Waals surface area contributed by atoms with Gasteiger partial charge in [0, 0.05) is 24.8 Å². The molecule has 0 aromatic carbocycles. The molecule has 3 unspecified atom stereocenters. The highest BCUT2D eigenvalue weighted by Gasteiger charge is 2.34. The Bertz CT molecular complexity index is 592. The Labute approximate surface area is 122 Å². The van der Waals surface area contributed by atoms with Crippen molar-refractivity contribution in [2.24, 2.45) is 5.92 Å². The molecule has 3 N–H and O–H groups in total. The fourth-order valence-corrected chi connectivity index (χ4v) is 2.84. The lowest BCUT2D eigenvalue weighted by Gasteiger charge is -2.13. The second-order valence-corrected chi connectivity index (χ2v) is 5.40. The fraction of sp³-hybridized carbons (Fsp3) is 0.500. The third kappa shape index (κ3) is 2.98. The molecule has 104 valence electrons. The van der Waals surface area contributed by atoms with Crippen LogP contribution < -0.4 is 11.2 Å². The Kier molecular flexibility index (Phi) is 4.58. The largest absolute Gasteiger partial charge is 0.396 e. The van der Waals surface area contributed by atoms with Gasteiger partial charge in [-0.1, -0.05) is 22.6 Å². The molecule has 0 saturated heterocycles. The number of aromatic nitrogens is 2. The highest BCUT2D eigenvalue weighted by atomic mass is 127. The molecular formula is C12H15IN2O4. The molecule has 0 aliphatic heterocycles. The van der Waals surface area contributed by atoms with Crippen LogP contribution >= 0.6 is 22.6 Å². The topological polar surface area (TPSA) is 95.3 Å². The molecule has 2 rings (SSSR count). The van der Waals surface area contributed by atoms with Gasteiger partial charge in [0.1, 0.15) is 0 Å². The second kappa shape index (κ2) is 6.02. The Morgan fingerprint density at radius 3 is 2.79 bits per heavy atom. The molecule has 6 nitrogen and oxygen atoms in total. The smallest absolute Gasteiger partial charge is 0.328 e. The van der Waals surface area contributed by atoms with Crippen molar-refractivity contribution < 1.29 is 10.2 Å².